The van der Waals surface area contributed by atoms with Crippen LogP contribution in [0.4, 0.5) is 5.13 Å². The fraction of sp³-hybridized carbons (Fsp3) is 0.692. The molecule has 2 N–H and O–H groups in total. The lowest BCUT2D eigenvalue weighted by Gasteiger charge is -2.19. The van der Waals surface area contributed by atoms with Crippen LogP contribution in [0.15, 0.2) is 5.38 Å². The Hall–Kier alpha value is -1.10. The Labute approximate surface area is 111 Å². The molecule has 1 saturated carbocycles. The van der Waals surface area contributed by atoms with Gasteiger partial charge < -0.3 is 10.4 Å². The van der Waals surface area contributed by atoms with Crippen molar-refractivity contribution in [3.8, 4) is 0 Å². The van der Waals surface area contributed by atoms with Crippen molar-refractivity contribution in [2.45, 2.75) is 39.5 Å². The second-order valence-corrected chi connectivity index (χ2v) is 6.27. The van der Waals surface area contributed by atoms with Crippen LogP contribution in [0.2, 0.25) is 0 Å². The van der Waals surface area contributed by atoms with Crippen molar-refractivity contribution in [1.82, 2.24) is 4.98 Å². The third kappa shape index (κ3) is 3.22. The highest BCUT2D eigenvalue weighted by Crippen LogP contribution is 2.51. The Kier molecular flexibility index (Phi) is 3.90. The van der Waals surface area contributed by atoms with Gasteiger partial charge in [0.2, 0.25) is 0 Å². The third-order valence-corrected chi connectivity index (χ3v) is 4.70. The van der Waals surface area contributed by atoms with Gasteiger partial charge in [0.25, 0.3) is 0 Å². The van der Waals surface area contributed by atoms with Crippen LogP contribution in [0, 0.1) is 11.3 Å². The number of aryl methyl sites for hydroxylation is 1. The number of hydrogen-bond donors (Lipinski definition) is 2. The first kappa shape index (κ1) is 13.3. The Morgan fingerprint density at radius 1 is 1.61 bits per heavy atom. The van der Waals surface area contributed by atoms with E-state index in [-0.39, 0.29) is 6.42 Å². The van der Waals surface area contributed by atoms with Gasteiger partial charge in [0.15, 0.2) is 5.13 Å². The van der Waals surface area contributed by atoms with Crippen LogP contribution in [-0.4, -0.2) is 22.6 Å². The molecule has 0 bridgehead atoms. The molecule has 100 valence electrons. The first-order valence-corrected chi connectivity index (χ1v) is 7.30. The van der Waals surface area contributed by atoms with Gasteiger partial charge in [0, 0.05) is 18.3 Å². The van der Waals surface area contributed by atoms with Crippen molar-refractivity contribution in [3.63, 3.8) is 0 Å². The average molecular weight is 268 g/mol. The van der Waals surface area contributed by atoms with Gasteiger partial charge in [-0.2, -0.15) is 0 Å². The minimum Gasteiger partial charge on any atom is -0.481 e. The number of nitrogens with zero attached hydrogens (tertiary/aromatic N) is 1. The monoisotopic (exact) mass is 268 g/mol. The molecular formula is C13H20N2O2S. The Morgan fingerprint density at radius 3 is 2.89 bits per heavy atom. The maximum absolute atomic E-state index is 10.5. The Morgan fingerprint density at radius 2 is 2.33 bits per heavy atom. The second kappa shape index (κ2) is 5.26. The SMILES string of the molecule is CC(C)C1(CNc2nc(CCC(=O)O)cs2)CC1. The van der Waals surface area contributed by atoms with E-state index < -0.39 is 5.97 Å². The van der Waals surface area contributed by atoms with E-state index in [1.165, 1.54) is 12.8 Å². The third-order valence-electron chi connectivity index (χ3n) is 3.86. The molecule has 0 amide bonds. The molecule has 0 radical (unpaired) electrons. The van der Waals surface area contributed by atoms with Gasteiger partial charge in [-0.05, 0) is 24.2 Å². The van der Waals surface area contributed by atoms with Crippen LogP contribution in [0.3, 0.4) is 0 Å². The van der Waals surface area contributed by atoms with Crippen LogP contribution in [0.5, 0.6) is 0 Å². The van der Waals surface area contributed by atoms with Gasteiger partial charge in [-0.3, -0.25) is 4.79 Å². The highest BCUT2D eigenvalue weighted by atomic mass is 32.1. The van der Waals surface area contributed by atoms with Crippen LogP contribution in [-0.2, 0) is 11.2 Å². The minimum absolute atomic E-state index is 0.152. The van der Waals surface area contributed by atoms with E-state index in [0.717, 1.165) is 17.4 Å². The number of nitrogens with one attached hydrogen (secondary N) is 1. The predicted octanol–water partition coefficient (Wildman–Crippen LogP) is 3.01. The van der Waals surface area contributed by atoms with E-state index in [1.54, 1.807) is 11.3 Å². The summed E-state index contributed by atoms with van der Waals surface area (Å²) in [6.45, 7) is 5.53. The van der Waals surface area contributed by atoms with Crippen LogP contribution in [0.1, 0.15) is 38.8 Å². The summed E-state index contributed by atoms with van der Waals surface area (Å²) in [4.78, 5) is 14.9. The number of carboxylic acids is 1. The quantitative estimate of drug-likeness (QED) is 0.798. The lowest BCUT2D eigenvalue weighted by molar-refractivity contribution is -0.136. The van der Waals surface area contributed by atoms with Crippen molar-refractivity contribution >= 4 is 22.4 Å². The summed E-state index contributed by atoms with van der Waals surface area (Å²) in [6.07, 6.45) is 3.27. The maximum Gasteiger partial charge on any atom is 0.303 e. The van der Waals surface area contributed by atoms with Crippen molar-refractivity contribution < 1.29 is 9.90 Å². The molecule has 4 nitrogen and oxygen atoms in total. The van der Waals surface area contributed by atoms with Crippen LogP contribution in [0.25, 0.3) is 0 Å². The molecule has 1 aliphatic rings. The van der Waals surface area contributed by atoms with Crippen molar-refractivity contribution in [2.75, 3.05) is 11.9 Å². The van der Waals surface area contributed by atoms with E-state index in [9.17, 15) is 4.79 Å². The van der Waals surface area contributed by atoms with E-state index >= 15 is 0 Å². The number of thiazole rings is 1. The van der Waals surface area contributed by atoms with E-state index in [0.29, 0.717) is 17.8 Å². The van der Waals surface area contributed by atoms with Crippen molar-refractivity contribution in [1.29, 1.82) is 0 Å². The fourth-order valence-electron chi connectivity index (χ4n) is 2.11. The topological polar surface area (TPSA) is 62.2 Å². The van der Waals surface area contributed by atoms with E-state index in [4.69, 9.17) is 5.11 Å². The fourth-order valence-corrected chi connectivity index (χ4v) is 2.85. The molecule has 0 aliphatic heterocycles. The molecule has 5 heteroatoms. The number of anilines is 1. The standard InChI is InChI=1S/C13H20N2O2S/c1-9(2)13(5-6-13)8-14-12-15-10(7-18-12)3-4-11(16)17/h7,9H,3-6,8H2,1-2H3,(H,14,15)(H,16,17). The summed E-state index contributed by atoms with van der Waals surface area (Å²) in [5.41, 5.74) is 1.34. The number of rotatable bonds is 7. The molecule has 1 aromatic heterocycles. The zero-order valence-electron chi connectivity index (χ0n) is 10.9. The molecule has 2 rings (SSSR count). The zero-order valence-corrected chi connectivity index (χ0v) is 11.7. The smallest absolute Gasteiger partial charge is 0.303 e. The van der Waals surface area contributed by atoms with Gasteiger partial charge in [-0.1, -0.05) is 13.8 Å². The molecular weight excluding hydrogens is 248 g/mol. The second-order valence-electron chi connectivity index (χ2n) is 5.41. The Balaban J connectivity index is 1.82. The van der Waals surface area contributed by atoms with Gasteiger partial charge in [0.05, 0.1) is 12.1 Å². The van der Waals surface area contributed by atoms with E-state index in [1.807, 2.05) is 5.38 Å². The van der Waals surface area contributed by atoms with Crippen molar-refractivity contribution in [3.05, 3.63) is 11.1 Å². The molecule has 0 saturated heterocycles. The summed E-state index contributed by atoms with van der Waals surface area (Å²) in [5.74, 6) is -0.0642. The largest absolute Gasteiger partial charge is 0.481 e. The number of carboxylic acid groups (broad SMARTS) is 1. The molecule has 1 heterocycles. The van der Waals surface area contributed by atoms with Crippen LogP contribution >= 0.6 is 11.3 Å². The van der Waals surface area contributed by atoms with E-state index in [2.05, 4.69) is 24.1 Å². The molecule has 0 atom stereocenters. The number of aliphatic carboxylic acids is 1. The zero-order chi connectivity index (χ0) is 13.2. The van der Waals surface area contributed by atoms with Gasteiger partial charge >= 0.3 is 5.97 Å². The lowest BCUT2D eigenvalue weighted by atomic mass is 9.92. The molecule has 1 fully saturated rings. The normalized spacial score (nSPS) is 16.8. The van der Waals surface area contributed by atoms with Crippen LogP contribution < -0.4 is 5.32 Å². The van der Waals surface area contributed by atoms with Crippen molar-refractivity contribution in [2.24, 2.45) is 11.3 Å². The molecule has 0 aromatic carbocycles. The summed E-state index contributed by atoms with van der Waals surface area (Å²) in [5, 5.41) is 14.9. The van der Waals surface area contributed by atoms with Gasteiger partial charge in [-0.25, -0.2) is 4.98 Å². The number of hydrogen-bond acceptors (Lipinski definition) is 4. The average Bonchev–Trinajstić information content (AvgIpc) is 2.98. The number of aromatic nitrogens is 1. The lowest BCUT2D eigenvalue weighted by Crippen LogP contribution is -2.20. The summed E-state index contributed by atoms with van der Waals surface area (Å²) < 4.78 is 0. The molecule has 0 unspecified atom stereocenters. The van der Waals surface area contributed by atoms with Gasteiger partial charge in [-0.15, -0.1) is 11.3 Å². The van der Waals surface area contributed by atoms with Gasteiger partial charge in [0.1, 0.15) is 0 Å². The highest BCUT2D eigenvalue weighted by molar-refractivity contribution is 7.13. The Bertz CT molecular complexity index is 424. The first-order chi connectivity index (χ1) is 8.52. The molecule has 1 aliphatic carbocycles. The number of carbonyl (C=O) groups is 1. The summed E-state index contributed by atoms with van der Waals surface area (Å²) >= 11 is 1.57. The molecule has 1 aromatic rings. The summed E-state index contributed by atoms with van der Waals surface area (Å²) in [6, 6.07) is 0. The maximum atomic E-state index is 10.5. The minimum atomic E-state index is -0.769. The summed E-state index contributed by atoms with van der Waals surface area (Å²) in [7, 11) is 0. The molecule has 0 spiro atoms. The molecule has 18 heavy (non-hydrogen) atoms. The highest BCUT2D eigenvalue weighted by Gasteiger charge is 2.45. The predicted molar refractivity (Wildman–Crippen MR) is 73.1 cm³/mol. The first-order valence-electron chi connectivity index (χ1n) is 6.42.